The summed E-state index contributed by atoms with van der Waals surface area (Å²) < 4.78 is 10.5. The van der Waals surface area contributed by atoms with E-state index in [0.29, 0.717) is 18.0 Å². The maximum absolute atomic E-state index is 12.1. The normalized spacial score (nSPS) is 11.8. The van der Waals surface area contributed by atoms with E-state index in [9.17, 15) is 4.79 Å². The van der Waals surface area contributed by atoms with Crippen molar-refractivity contribution in [2.24, 2.45) is 5.73 Å². The van der Waals surface area contributed by atoms with E-state index >= 15 is 0 Å². The number of ether oxygens (including phenoxy) is 2. The molecule has 1 atom stereocenters. The van der Waals surface area contributed by atoms with Crippen LogP contribution in [0.5, 0.6) is 11.5 Å². The molecule has 0 radical (unpaired) electrons. The molecule has 1 aromatic rings. The molecular weight excluding hydrogens is 268 g/mol. The number of nitrogens with one attached hydrogen (secondary N) is 1. The topological polar surface area (TPSA) is 73.6 Å². The SMILES string of the molecule is CCCCC(CN)NC(=O)Cc1cc(OC)ccc1OC. The molecule has 5 heteroatoms. The Morgan fingerprint density at radius 3 is 2.67 bits per heavy atom. The second-order valence-electron chi connectivity index (χ2n) is 5.00. The fourth-order valence-corrected chi connectivity index (χ4v) is 2.17. The predicted octanol–water partition coefficient (Wildman–Crippen LogP) is 1.88. The molecule has 1 unspecified atom stereocenters. The van der Waals surface area contributed by atoms with Gasteiger partial charge in [-0.15, -0.1) is 0 Å². The van der Waals surface area contributed by atoms with E-state index in [0.717, 1.165) is 24.8 Å². The van der Waals surface area contributed by atoms with Gasteiger partial charge in [-0.05, 0) is 24.6 Å². The molecule has 21 heavy (non-hydrogen) atoms. The Morgan fingerprint density at radius 2 is 2.10 bits per heavy atom. The summed E-state index contributed by atoms with van der Waals surface area (Å²) in [4.78, 5) is 12.1. The lowest BCUT2D eigenvalue weighted by Crippen LogP contribution is -2.40. The average molecular weight is 294 g/mol. The molecule has 0 heterocycles. The molecular formula is C16H26N2O3. The van der Waals surface area contributed by atoms with Crippen molar-refractivity contribution in [1.82, 2.24) is 5.32 Å². The zero-order valence-corrected chi connectivity index (χ0v) is 13.1. The Kier molecular flexibility index (Phi) is 7.61. The van der Waals surface area contributed by atoms with Gasteiger partial charge in [-0.3, -0.25) is 4.79 Å². The van der Waals surface area contributed by atoms with Crippen molar-refractivity contribution in [3.8, 4) is 11.5 Å². The number of hydrogen-bond donors (Lipinski definition) is 2. The number of methoxy groups -OCH3 is 2. The highest BCUT2D eigenvalue weighted by atomic mass is 16.5. The summed E-state index contributed by atoms with van der Waals surface area (Å²) in [6, 6.07) is 5.47. The van der Waals surface area contributed by atoms with Gasteiger partial charge in [0.25, 0.3) is 0 Å². The van der Waals surface area contributed by atoms with Crippen molar-refractivity contribution in [1.29, 1.82) is 0 Å². The fourth-order valence-electron chi connectivity index (χ4n) is 2.17. The van der Waals surface area contributed by atoms with Crippen molar-refractivity contribution in [2.75, 3.05) is 20.8 Å². The fraction of sp³-hybridized carbons (Fsp3) is 0.562. The van der Waals surface area contributed by atoms with Crippen molar-refractivity contribution < 1.29 is 14.3 Å². The van der Waals surface area contributed by atoms with E-state index in [1.807, 2.05) is 12.1 Å². The highest BCUT2D eigenvalue weighted by Crippen LogP contribution is 2.24. The second kappa shape index (κ2) is 9.23. The van der Waals surface area contributed by atoms with Gasteiger partial charge in [0.2, 0.25) is 5.91 Å². The third-order valence-corrected chi connectivity index (χ3v) is 3.39. The highest BCUT2D eigenvalue weighted by Gasteiger charge is 2.14. The van der Waals surface area contributed by atoms with Gasteiger partial charge in [-0.1, -0.05) is 19.8 Å². The molecule has 0 spiro atoms. The summed E-state index contributed by atoms with van der Waals surface area (Å²) in [5, 5.41) is 2.98. The van der Waals surface area contributed by atoms with Gasteiger partial charge in [0, 0.05) is 18.2 Å². The third kappa shape index (κ3) is 5.63. The number of nitrogens with two attached hydrogens (primary N) is 1. The van der Waals surface area contributed by atoms with Crippen LogP contribution in [-0.4, -0.2) is 32.7 Å². The quantitative estimate of drug-likeness (QED) is 0.729. The molecule has 0 saturated heterocycles. The maximum Gasteiger partial charge on any atom is 0.224 e. The van der Waals surface area contributed by atoms with Crippen LogP contribution in [0.2, 0.25) is 0 Å². The van der Waals surface area contributed by atoms with Crippen LogP contribution in [0.3, 0.4) is 0 Å². The molecule has 0 bridgehead atoms. The van der Waals surface area contributed by atoms with E-state index in [1.54, 1.807) is 20.3 Å². The first-order valence-corrected chi connectivity index (χ1v) is 7.34. The van der Waals surface area contributed by atoms with Crippen molar-refractivity contribution in [2.45, 2.75) is 38.6 Å². The zero-order chi connectivity index (χ0) is 15.7. The van der Waals surface area contributed by atoms with Crippen LogP contribution in [0.1, 0.15) is 31.7 Å². The maximum atomic E-state index is 12.1. The van der Waals surface area contributed by atoms with Gasteiger partial charge in [0.15, 0.2) is 0 Å². The Balaban J connectivity index is 2.68. The molecule has 0 aliphatic rings. The first-order valence-electron chi connectivity index (χ1n) is 7.34. The van der Waals surface area contributed by atoms with Crippen LogP contribution in [0.15, 0.2) is 18.2 Å². The van der Waals surface area contributed by atoms with Gasteiger partial charge < -0.3 is 20.5 Å². The number of carbonyl (C=O) groups is 1. The van der Waals surface area contributed by atoms with E-state index < -0.39 is 0 Å². The third-order valence-electron chi connectivity index (χ3n) is 3.39. The molecule has 5 nitrogen and oxygen atoms in total. The summed E-state index contributed by atoms with van der Waals surface area (Å²) in [6.45, 7) is 2.58. The number of amides is 1. The Bertz CT molecular complexity index is 449. The van der Waals surface area contributed by atoms with Crippen molar-refractivity contribution >= 4 is 5.91 Å². The minimum Gasteiger partial charge on any atom is -0.497 e. The first-order chi connectivity index (χ1) is 10.1. The molecule has 0 saturated carbocycles. The molecule has 1 rings (SSSR count). The molecule has 118 valence electrons. The standard InChI is InChI=1S/C16H26N2O3/c1-4-5-6-13(11-17)18-16(19)10-12-9-14(20-2)7-8-15(12)21-3/h7-9,13H,4-6,10-11,17H2,1-3H3,(H,18,19). The molecule has 0 fully saturated rings. The van der Waals surface area contributed by atoms with Gasteiger partial charge in [-0.25, -0.2) is 0 Å². The summed E-state index contributed by atoms with van der Waals surface area (Å²) in [5.74, 6) is 1.34. The zero-order valence-electron chi connectivity index (χ0n) is 13.1. The minimum absolute atomic E-state index is 0.0362. The lowest BCUT2D eigenvalue weighted by Gasteiger charge is -2.17. The van der Waals surface area contributed by atoms with Crippen LogP contribution < -0.4 is 20.5 Å². The Labute approximate surface area is 126 Å². The van der Waals surface area contributed by atoms with Crippen molar-refractivity contribution in [3.05, 3.63) is 23.8 Å². The number of carbonyl (C=O) groups excluding carboxylic acids is 1. The van der Waals surface area contributed by atoms with E-state index in [-0.39, 0.29) is 18.4 Å². The number of unbranched alkanes of at least 4 members (excludes halogenated alkanes) is 1. The molecule has 1 aromatic carbocycles. The molecule has 0 aliphatic carbocycles. The Hall–Kier alpha value is -1.75. The average Bonchev–Trinajstić information content (AvgIpc) is 2.51. The van der Waals surface area contributed by atoms with Crippen LogP contribution >= 0.6 is 0 Å². The summed E-state index contributed by atoms with van der Waals surface area (Å²) in [6.07, 6.45) is 3.32. The van der Waals surface area contributed by atoms with Gasteiger partial charge in [0.1, 0.15) is 11.5 Å². The first kappa shape index (κ1) is 17.3. The number of rotatable bonds is 9. The summed E-state index contributed by atoms with van der Waals surface area (Å²) in [5.41, 5.74) is 6.50. The number of hydrogen-bond acceptors (Lipinski definition) is 4. The van der Waals surface area contributed by atoms with E-state index in [1.165, 1.54) is 0 Å². The second-order valence-corrected chi connectivity index (χ2v) is 5.00. The molecule has 3 N–H and O–H groups in total. The predicted molar refractivity (Wildman–Crippen MR) is 83.8 cm³/mol. The molecule has 1 amide bonds. The van der Waals surface area contributed by atoms with Gasteiger partial charge >= 0.3 is 0 Å². The largest absolute Gasteiger partial charge is 0.497 e. The van der Waals surface area contributed by atoms with Crippen LogP contribution in [-0.2, 0) is 11.2 Å². The Morgan fingerprint density at radius 1 is 1.33 bits per heavy atom. The lowest BCUT2D eigenvalue weighted by molar-refractivity contribution is -0.121. The lowest BCUT2D eigenvalue weighted by atomic mass is 10.1. The van der Waals surface area contributed by atoms with Gasteiger partial charge in [-0.2, -0.15) is 0 Å². The highest BCUT2D eigenvalue weighted by molar-refractivity contribution is 5.79. The number of benzene rings is 1. The monoisotopic (exact) mass is 294 g/mol. The van der Waals surface area contributed by atoms with E-state index in [2.05, 4.69) is 12.2 Å². The molecule has 0 aliphatic heterocycles. The summed E-state index contributed by atoms with van der Waals surface area (Å²) >= 11 is 0. The van der Waals surface area contributed by atoms with Crippen LogP contribution in [0.25, 0.3) is 0 Å². The van der Waals surface area contributed by atoms with E-state index in [4.69, 9.17) is 15.2 Å². The smallest absolute Gasteiger partial charge is 0.224 e. The summed E-state index contributed by atoms with van der Waals surface area (Å²) in [7, 11) is 3.19. The van der Waals surface area contributed by atoms with Crippen LogP contribution in [0, 0.1) is 0 Å². The van der Waals surface area contributed by atoms with Gasteiger partial charge in [0.05, 0.1) is 20.6 Å². The van der Waals surface area contributed by atoms with Crippen LogP contribution in [0.4, 0.5) is 0 Å². The minimum atomic E-state index is -0.0480. The molecule has 0 aromatic heterocycles. The van der Waals surface area contributed by atoms with Crippen molar-refractivity contribution in [3.63, 3.8) is 0 Å².